The van der Waals surface area contributed by atoms with Crippen LogP contribution in [0.15, 0.2) is 42.5 Å². The van der Waals surface area contributed by atoms with Crippen LogP contribution >= 0.6 is 0 Å². The summed E-state index contributed by atoms with van der Waals surface area (Å²) < 4.78 is 10.7. The smallest absolute Gasteiger partial charge is 0.222 e. The molecule has 0 aromatic heterocycles. The number of piperazine rings is 1. The quantitative estimate of drug-likeness (QED) is 0.737. The zero-order chi connectivity index (χ0) is 19.9. The van der Waals surface area contributed by atoms with E-state index in [0.29, 0.717) is 12.8 Å². The Morgan fingerprint density at radius 2 is 1.79 bits per heavy atom. The van der Waals surface area contributed by atoms with Crippen molar-refractivity contribution in [1.29, 1.82) is 0 Å². The standard InChI is InChI=1S/C23H30N2O3/c1-18-5-4-6-19(15-18)17-24-11-13-25(14-12-24)23(26)10-7-20-16-21(27-2)8-9-22(20)28-3/h4-6,8-9,15-16H,7,10-14,17H2,1-3H3. The van der Waals surface area contributed by atoms with Gasteiger partial charge in [-0.3, -0.25) is 9.69 Å². The number of methoxy groups -OCH3 is 2. The molecule has 1 fully saturated rings. The van der Waals surface area contributed by atoms with Crippen LogP contribution in [0.1, 0.15) is 23.1 Å². The molecule has 0 spiro atoms. The van der Waals surface area contributed by atoms with Gasteiger partial charge in [0.15, 0.2) is 0 Å². The summed E-state index contributed by atoms with van der Waals surface area (Å²) in [5, 5.41) is 0. The highest BCUT2D eigenvalue weighted by Gasteiger charge is 2.21. The molecule has 0 unspecified atom stereocenters. The summed E-state index contributed by atoms with van der Waals surface area (Å²) in [6.45, 7) is 6.49. The Hall–Kier alpha value is -2.53. The van der Waals surface area contributed by atoms with Gasteiger partial charge in [-0.2, -0.15) is 0 Å². The van der Waals surface area contributed by atoms with Crippen molar-refractivity contribution >= 4 is 5.91 Å². The van der Waals surface area contributed by atoms with Crippen LogP contribution in [-0.4, -0.2) is 56.1 Å². The van der Waals surface area contributed by atoms with Crippen LogP contribution in [0.5, 0.6) is 11.5 Å². The predicted octanol–water partition coefficient (Wildman–Crippen LogP) is 3.29. The SMILES string of the molecule is COc1ccc(OC)c(CCC(=O)N2CCN(Cc3cccc(C)c3)CC2)c1. The monoisotopic (exact) mass is 382 g/mol. The maximum atomic E-state index is 12.7. The number of ether oxygens (including phenoxy) is 2. The molecule has 5 heteroatoms. The summed E-state index contributed by atoms with van der Waals surface area (Å²) in [5.74, 6) is 1.80. The average Bonchev–Trinajstić information content (AvgIpc) is 2.72. The maximum Gasteiger partial charge on any atom is 0.222 e. The molecular formula is C23H30N2O3. The van der Waals surface area contributed by atoms with Crippen LogP contribution in [-0.2, 0) is 17.8 Å². The summed E-state index contributed by atoms with van der Waals surface area (Å²) in [4.78, 5) is 17.1. The van der Waals surface area contributed by atoms with E-state index in [1.54, 1.807) is 14.2 Å². The summed E-state index contributed by atoms with van der Waals surface area (Å²) in [7, 11) is 3.30. The van der Waals surface area contributed by atoms with Crippen LogP contribution in [0.25, 0.3) is 0 Å². The normalized spacial score (nSPS) is 14.8. The topological polar surface area (TPSA) is 42.0 Å². The first-order valence-corrected chi connectivity index (χ1v) is 9.85. The largest absolute Gasteiger partial charge is 0.497 e. The second-order valence-electron chi connectivity index (χ2n) is 7.32. The first-order chi connectivity index (χ1) is 13.6. The number of hydrogen-bond donors (Lipinski definition) is 0. The zero-order valence-corrected chi connectivity index (χ0v) is 17.1. The van der Waals surface area contributed by atoms with Gasteiger partial charge in [0.1, 0.15) is 11.5 Å². The van der Waals surface area contributed by atoms with Crippen LogP contribution in [0.3, 0.4) is 0 Å². The highest BCUT2D eigenvalue weighted by Crippen LogP contribution is 2.25. The maximum absolute atomic E-state index is 12.7. The van der Waals surface area contributed by atoms with Crippen molar-refractivity contribution in [2.45, 2.75) is 26.3 Å². The predicted molar refractivity (Wildman–Crippen MR) is 111 cm³/mol. The van der Waals surface area contributed by atoms with Gasteiger partial charge in [-0.05, 0) is 42.7 Å². The van der Waals surface area contributed by atoms with E-state index in [9.17, 15) is 4.79 Å². The van der Waals surface area contributed by atoms with Crippen molar-refractivity contribution < 1.29 is 14.3 Å². The van der Waals surface area contributed by atoms with E-state index in [2.05, 4.69) is 36.1 Å². The summed E-state index contributed by atoms with van der Waals surface area (Å²) >= 11 is 0. The molecule has 3 rings (SSSR count). The van der Waals surface area contributed by atoms with Gasteiger partial charge in [-0.25, -0.2) is 0 Å². The Labute approximate surface area is 167 Å². The van der Waals surface area contributed by atoms with Gasteiger partial charge in [0.2, 0.25) is 5.91 Å². The lowest BCUT2D eigenvalue weighted by Crippen LogP contribution is -2.48. The highest BCUT2D eigenvalue weighted by molar-refractivity contribution is 5.76. The molecule has 0 atom stereocenters. The third kappa shape index (κ3) is 5.26. The van der Waals surface area contributed by atoms with Crippen molar-refractivity contribution in [3.8, 4) is 11.5 Å². The fourth-order valence-electron chi connectivity index (χ4n) is 3.70. The lowest BCUT2D eigenvalue weighted by atomic mass is 10.1. The molecule has 0 aliphatic carbocycles. The van der Waals surface area contributed by atoms with E-state index in [1.807, 2.05) is 23.1 Å². The minimum atomic E-state index is 0.208. The van der Waals surface area contributed by atoms with Gasteiger partial charge < -0.3 is 14.4 Å². The van der Waals surface area contributed by atoms with Crippen molar-refractivity contribution in [3.63, 3.8) is 0 Å². The molecule has 0 N–H and O–H groups in total. The van der Waals surface area contributed by atoms with Gasteiger partial charge >= 0.3 is 0 Å². The molecule has 2 aromatic rings. The Bertz CT molecular complexity index is 798. The van der Waals surface area contributed by atoms with E-state index in [4.69, 9.17) is 9.47 Å². The van der Waals surface area contributed by atoms with Gasteiger partial charge in [0, 0.05) is 39.1 Å². The molecule has 150 valence electrons. The average molecular weight is 383 g/mol. The number of benzene rings is 2. The van der Waals surface area contributed by atoms with E-state index in [0.717, 1.165) is 49.8 Å². The van der Waals surface area contributed by atoms with E-state index >= 15 is 0 Å². The molecule has 1 saturated heterocycles. The first kappa shape index (κ1) is 20.2. The van der Waals surface area contributed by atoms with Crippen LogP contribution in [0.2, 0.25) is 0 Å². The number of amides is 1. The van der Waals surface area contributed by atoms with Gasteiger partial charge in [-0.1, -0.05) is 29.8 Å². The van der Waals surface area contributed by atoms with Crippen LogP contribution in [0, 0.1) is 6.92 Å². The number of nitrogens with zero attached hydrogens (tertiary/aromatic N) is 2. The Morgan fingerprint density at radius 1 is 1.00 bits per heavy atom. The van der Waals surface area contributed by atoms with Crippen molar-refractivity contribution in [1.82, 2.24) is 9.80 Å². The van der Waals surface area contributed by atoms with Gasteiger partial charge in [0.25, 0.3) is 0 Å². The molecule has 1 aliphatic heterocycles. The first-order valence-electron chi connectivity index (χ1n) is 9.85. The fraction of sp³-hybridized carbons (Fsp3) is 0.435. The molecule has 0 radical (unpaired) electrons. The number of aryl methyl sites for hydroxylation is 2. The summed E-state index contributed by atoms with van der Waals surface area (Å²) in [6, 6.07) is 14.4. The van der Waals surface area contributed by atoms with Crippen molar-refractivity contribution in [2.24, 2.45) is 0 Å². The Balaban J connectivity index is 1.49. The fourth-order valence-corrected chi connectivity index (χ4v) is 3.70. The summed E-state index contributed by atoms with van der Waals surface area (Å²) in [5.41, 5.74) is 3.64. The third-order valence-electron chi connectivity index (χ3n) is 5.31. The van der Waals surface area contributed by atoms with E-state index < -0.39 is 0 Å². The highest BCUT2D eigenvalue weighted by atomic mass is 16.5. The van der Waals surface area contributed by atoms with Crippen LogP contribution < -0.4 is 9.47 Å². The molecule has 0 bridgehead atoms. The zero-order valence-electron chi connectivity index (χ0n) is 17.1. The number of carbonyl (C=O) groups excluding carboxylic acids is 1. The molecule has 2 aromatic carbocycles. The number of hydrogen-bond acceptors (Lipinski definition) is 4. The lowest BCUT2D eigenvalue weighted by molar-refractivity contribution is -0.133. The lowest BCUT2D eigenvalue weighted by Gasteiger charge is -2.35. The van der Waals surface area contributed by atoms with Crippen molar-refractivity contribution in [3.05, 3.63) is 59.2 Å². The Morgan fingerprint density at radius 3 is 2.46 bits per heavy atom. The second kappa shape index (κ2) is 9.60. The minimum Gasteiger partial charge on any atom is -0.497 e. The third-order valence-corrected chi connectivity index (χ3v) is 5.31. The number of rotatable bonds is 7. The van der Waals surface area contributed by atoms with Gasteiger partial charge in [0.05, 0.1) is 14.2 Å². The van der Waals surface area contributed by atoms with Gasteiger partial charge in [-0.15, -0.1) is 0 Å². The second-order valence-corrected chi connectivity index (χ2v) is 7.32. The Kier molecular flexibility index (Phi) is 6.93. The number of carbonyl (C=O) groups is 1. The molecule has 1 aliphatic rings. The molecule has 0 saturated carbocycles. The molecular weight excluding hydrogens is 352 g/mol. The molecule has 1 heterocycles. The minimum absolute atomic E-state index is 0.208. The van der Waals surface area contributed by atoms with E-state index in [-0.39, 0.29) is 5.91 Å². The van der Waals surface area contributed by atoms with E-state index in [1.165, 1.54) is 11.1 Å². The molecule has 5 nitrogen and oxygen atoms in total. The molecule has 1 amide bonds. The van der Waals surface area contributed by atoms with Crippen LogP contribution in [0.4, 0.5) is 0 Å². The molecule has 28 heavy (non-hydrogen) atoms. The van der Waals surface area contributed by atoms with Crippen molar-refractivity contribution in [2.75, 3.05) is 40.4 Å². The summed E-state index contributed by atoms with van der Waals surface area (Å²) in [6.07, 6.45) is 1.14.